The molecule has 28 heavy (non-hydrogen) atoms. The molecule has 11 nitrogen and oxygen atoms in total. The predicted molar refractivity (Wildman–Crippen MR) is 101 cm³/mol. The smallest absolute Gasteiger partial charge is 0.273 e. The molecule has 0 unspecified atom stereocenters. The largest absolute Gasteiger partial charge is 0.378 e. The number of nitrogens with two attached hydrogens (primary N) is 1. The first kappa shape index (κ1) is 19.4. The molecule has 0 aliphatic carbocycles. The maximum Gasteiger partial charge on any atom is 0.273 e. The molecule has 148 valence electrons. The fourth-order valence-electron chi connectivity index (χ4n) is 2.74. The first-order valence-corrected chi connectivity index (χ1v) is 9.06. The van der Waals surface area contributed by atoms with Crippen LogP contribution in [0, 0.1) is 0 Å². The second kappa shape index (κ2) is 9.04. The van der Waals surface area contributed by atoms with E-state index in [1.54, 1.807) is 12.4 Å². The molecule has 0 atom stereocenters. The van der Waals surface area contributed by atoms with Gasteiger partial charge in [-0.2, -0.15) is 4.68 Å². The Hall–Kier alpha value is -3.34. The molecule has 3 heterocycles. The molecule has 0 bridgehead atoms. The van der Waals surface area contributed by atoms with Gasteiger partial charge in [-0.15, -0.1) is 5.10 Å². The SMILES string of the molecule is CCN(CC)Cc1c(C(=O)NCCc2ccncc2)nnn1-c1nonc1N. The van der Waals surface area contributed by atoms with Crippen molar-refractivity contribution in [2.24, 2.45) is 0 Å². The van der Waals surface area contributed by atoms with Gasteiger partial charge in [0.15, 0.2) is 5.69 Å². The highest BCUT2D eigenvalue weighted by Crippen LogP contribution is 2.17. The van der Waals surface area contributed by atoms with Crippen LogP contribution in [-0.4, -0.2) is 60.7 Å². The lowest BCUT2D eigenvalue weighted by atomic mass is 10.2. The van der Waals surface area contributed by atoms with Crippen molar-refractivity contribution in [2.45, 2.75) is 26.8 Å². The molecule has 0 aromatic carbocycles. The molecule has 3 aromatic rings. The Morgan fingerprint density at radius 3 is 2.64 bits per heavy atom. The first-order valence-electron chi connectivity index (χ1n) is 9.06. The summed E-state index contributed by atoms with van der Waals surface area (Å²) in [6.07, 6.45) is 4.14. The van der Waals surface area contributed by atoms with Gasteiger partial charge in [-0.05, 0) is 47.5 Å². The topological polar surface area (TPSA) is 141 Å². The highest BCUT2D eigenvalue weighted by molar-refractivity contribution is 5.93. The van der Waals surface area contributed by atoms with Crippen LogP contribution in [0.4, 0.5) is 5.82 Å². The average molecular weight is 385 g/mol. The highest BCUT2D eigenvalue weighted by Gasteiger charge is 2.24. The lowest BCUT2D eigenvalue weighted by molar-refractivity contribution is 0.0947. The third kappa shape index (κ3) is 4.31. The van der Waals surface area contributed by atoms with E-state index in [1.807, 2.05) is 26.0 Å². The van der Waals surface area contributed by atoms with Crippen LogP contribution in [0.5, 0.6) is 0 Å². The van der Waals surface area contributed by atoms with Crippen LogP contribution in [0.25, 0.3) is 5.82 Å². The van der Waals surface area contributed by atoms with Crippen molar-refractivity contribution in [1.82, 2.24) is 40.5 Å². The minimum absolute atomic E-state index is 0.0790. The van der Waals surface area contributed by atoms with E-state index < -0.39 is 0 Å². The number of rotatable bonds is 9. The highest BCUT2D eigenvalue weighted by atomic mass is 16.6. The Morgan fingerprint density at radius 1 is 1.25 bits per heavy atom. The third-order valence-electron chi connectivity index (χ3n) is 4.39. The summed E-state index contributed by atoms with van der Waals surface area (Å²) in [7, 11) is 0. The summed E-state index contributed by atoms with van der Waals surface area (Å²) in [5.41, 5.74) is 7.68. The van der Waals surface area contributed by atoms with Crippen molar-refractivity contribution in [3.8, 4) is 5.82 Å². The maximum atomic E-state index is 12.7. The van der Waals surface area contributed by atoms with Crippen LogP contribution in [0.15, 0.2) is 29.2 Å². The van der Waals surface area contributed by atoms with Gasteiger partial charge in [-0.1, -0.05) is 19.1 Å². The van der Waals surface area contributed by atoms with Crippen molar-refractivity contribution >= 4 is 11.7 Å². The van der Waals surface area contributed by atoms with Crippen molar-refractivity contribution in [2.75, 3.05) is 25.4 Å². The molecule has 0 fully saturated rings. The summed E-state index contributed by atoms with van der Waals surface area (Å²) in [5.74, 6) is -0.0154. The minimum atomic E-state index is -0.308. The summed E-state index contributed by atoms with van der Waals surface area (Å²) in [5, 5.41) is 18.4. The Bertz CT molecular complexity index is 903. The van der Waals surface area contributed by atoms with Gasteiger partial charge >= 0.3 is 0 Å². The number of hydrogen-bond donors (Lipinski definition) is 2. The van der Waals surface area contributed by atoms with Crippen molar-refractivity contribution in [3.63, 3.8) is 0 Å². The molecule has 0 spiro atoms. The molecule has 11 heteroatoms. The molecule has 3 N–H and O–H groups in total. The zero-order chi connectivity index (χ0) is 19.9. The van der Waals surface area contributed by atoms with Gasteiger partial charge in [0.05, 0.1) is 5.69 Å². The number of nitrogen functional groups attached to an aromatic ring is 1. The zero-order valence-corrected chi connectivity index (χ0v) is 15.9. The summed E-state index contributed by atoms with van der Waals surface area (Å²) in [4.78, 5) is 18.8. The number of carbonyl (C=O) groups is 1. The van der Waals surface area contributed by atoms with Crippen molar-refractivity contribution < 1.29 is 9.42 Å². The average Bonchev–Trinajstić information content (AvgIpc) is 3.32. The molecule has 0 aliphatic rings. The van der Waals surface area contributed by atoms with E-state index in [1.165, 1.54) is 4.68 Å². The minimum Gasteiger partial charge on any atom is -0.378 e. The van der Waals surface area contributed by atoms with E-state index in [4.69, 9.17) is 5.73 Å². The predicted octanol–water partition coefficient (Wildman–Crippen LogP) is 0.442. The summed E-state index contributed by atoms with van der Waals surface area (Å²) in [6.45, 7) is 6.61. The van der Waals surface area contributed by atoms with Crippen LogP contribution in [-0.2, 0) is 13.0 Å². The molecule has 0 saturated carbocycles. The Morgan fingerprint density at radius 2 is 2.00 bits per heavy atom. The van der Waals surface area contributed by atoms with Crippen LogP contribution in [0.2, 0.25) is 0 Å². The van der Waals surface area contributed by atoms with Crippen molar-refractivity contribution in [3.05, 3.63) is 41.5 Å². The number of pyridine rings is 1. The first-order chi connectivity index (χ1) is 13.6. The maximum absolute atomic E-state index is 12.7. The van der Waals surface area contributed by atoms with Gasteiger partial charge in [-0.25, -0.2) is 4.63 Å². The molecule has 3 rings (SSSR count). The van der Waals surface area contributed by atoms with Gasteiger partial charge < -0.3 is 11.1 Å². The lowest BCUT2D eigenvalue weighted by Crippen LogP contribution is -2.30. The summed E-state index contributed by atoms with van der Waals surface area (Å²) < 4.78 is 6.07. The summed E-state index contributed by atoms with van der Waals surface area (Å²) >= 11 is 0. The Labute approximate surface area is 161 Å². The van der Waals surface area contributed by atoms with Gasteiger partial charge in [0.2, 0.25) is 11.6 Å². The van der Waals surface area contributed by atoms with Crippen LogP contribution < -0.4 is 11.1 Å². The lowest BCUT2D eigenvalue weighted by Gasteiger charge is -2.18. The van der Waals surface area contributed by atoms with E-state index in [-0.39, 0.29) is 23.2 Å². The van der Waals surface area contributed by atoms with E-state index >= 15 is 0 Å². The van der Waals surface area contributed by atoms with Gasteiger partial charge in [0, 0.05) is 25.5 Å². The third-order valence-corrected chi connectivity index (χ3v) is 4.39. The number of carbonyl (C=O) groups excluding carboxylic acids is 1. The quantitative estimate of drug-likeness (QED) is 0.536. The summed E-state index contributed by atoms with van der Waals surface area (Å²) in [6, 6.07) is 3.82. The number of amides is 1. The zero-order valence-electron chi connectivity index (χ0n) is 15.9. The Balaban J connectivity index is 1.80. The number of anilines is 1. The van der Waals surface area contributed by atoms with Gasteiger partial charge in [0.25, 0.3) is 5.91 Å². The number of aromatic nitrogens is 6. The fraction of sp³-hybridized carbons (Fsp3) is 0.412. The molecule has 0 aliphatic heterocycles. The molecule has 0 radical (unpaired) electrons. The van der Waals surface area contributed by atoms with Crippen LogP contribution >= 0.6 is 0 Å². The molecule has 0 saturated heterocycles. The van der Waals surface area contributed by atoms with E-state index in [2.05, 4.69) is 40.5 Å². The number of hydrogen-bond acceptors (Lipinski definition) is 9. The molecular weight excluding hydrogens is 362 g/mol. The van der Waals surface area contributed by atoms with Gasteiger partial charge in [0.1, 0.15) is 0 Å². The fourth-order valence-corrected chi connectivity index (χ4v) is 2.74. The molecular formula is C17H23N9O2. The van der Waals surface area contributed by atoms with E-state index in [9.17, 15) is 4.79 Å². The second-order valence-electron chi connectivity index (χ2n) is 6.09. The normalized spacial score (nSPS) is 11.1. The molecule has 1 amide bonds. The molecule has 3 aromatic heterocycles. The second-order valence-corrected chi connectivity index (χ2v) is 6.09. The number of nitrogens with one attached hydrogen (secondary N) is 1. The van der Waals surface area contributed by atoms with Gasteiger partial charge in [-0.3, -0.25) is 14.7 Å². The van der Waals surface area contributed by atoms with Crippen LogP contribution in [0.3, 0.4) is 0 Å². The van der Waals surface area contributed by atoms with Crippen molar-refractivity contribution in [1.29, 1.82) is 0 Å². The number of nitrogens with zero attached hydrogens (tertiary/aromatic N) is 7. The van der Waals surface area contributed by atoms with E-state index in [0.29, 0.717) is 25.2 Å². The Kier molecular flexibility index (Phi) is 6.27. The monoisotopic (exact) mass is 385 g/mol. The standard InChI is InChI=1S/C17H23N9O2/c1-3-25(4-2)11-13-14(21-24-26(13)16-15(18)22-28-23-16)17(27)20-10-7-12-5-8-19-9-6-12/h5-6,8-9H,3-4,7,10-11H2,1-2H3,(H2,18,22)(H,20,27). The van der Waals surface area contributed by atoms with E-state index in [0.717, 1.165) is 18.7 Å². The van der Waals surface area contributed by atoms with Crippen LogP contribution in [0.1, 0.15) is 35.6 Å².